The minimum absolute atomic E-state index is 0.0659. The van der Waals surface area contributed by atoms with Gasteiger partial charge < -0.3 is 21.3 Å². The van der Waals surface area contributed by atoms with Crippen LogP contribution in [0.15, 0.2) is 36.5 Å². The van der Waals surface area contributed by atoms with Gasteiger partial charge in [-0.3, -0.25) is 4.79 Å². The van der Waals surface area contributed by atoms with Gasteiger partial charge in [-0.1, -0.05) is 26.8 Å². The number of hydrogen-bond acceptors (Lipinski definition) is 7. The van der Waals surface area contributed by atoms with E-state index in [1.807, 2.05) is 39.0 Å². The summed E-state index contributed by atoms with van der Waals surface area (Å²) < 4.78 is 52.7. The number of anilines is 4. The number of aromatic nitrogens is 3. The van der Waals surface area contributed by atoms with Crippen LogP contribution in [0.4, 0.5) is 40.8 Å². The van der Waals surface area contributed by atoms with E-state index < -0.39 is 29.9 Å². The fraction of sp³-hybridized carbons (Fsp3) is 0.360. The molecule has 37 heavy (non-hydrogen) atoms. The monoisotopic (exact) mass is 517 g/mol. The van der Waals surface area contributed by atoms with E-state index in [0.29, 0.717) is 11.4 Å². The SMILES string of the molecule is CC(C)(C)c1ccc(F)c(Nc2nc(Nc3ccc4c(c3)CCNC4)ncc2C(=O)NCC(F)(F)F)n1. The maximum absolute atomic E-state index is 14.6. The van der Waals surface area contributed by atoms with Crippen LogP contribution in [0.2, 0.25) is 0 Å². The zero-order valence-corrected chi connectivity index (χ0v) is 20.6. The van der Waals surface area contributed by atoms with Crippen LogP contribution in [0, 0.1) is 5.82 Å². The summed E-state index contributed by atoms with van der Waals surface area (Å²) in [6.45, 7) is 5.78. The van der Waals surface area contributed by atoms with Gasteiger partial charge in [0.15, 0.2) is 11.6 Å². The second-order valence-corrected chi connectivity index (χ2v) is 9.69. The molecule has 4 N–H and O–H groups in total. The minimum atomic E-state index is -4.61. The molecular weight excluding hydrogens is 490 g/mol. The zero-order valence-electron chi connectivity index (χ0n) is 20.6. The summed E-state index contributed by atoms with van der Waals surface area (Å²) in [5.41, 5.74) is 2.90. The zero-order chi connectivity index (χ0) is 26.8. The molecule has 0 saturated heterocycles. The summed E-state index contributed by atoms with van der Waals surface area (Å²) in [7, 11) is 0. The van der Waals surface area contributed by atoms with E-state index in [1.165, 1.54) is 17.7 Å². The molecule has 3 heterocycles. The Morgan fingerprint density at radius 3 is 2.54 bits per heavy atom. The Kier molecular flexibility index (Phi) is 7.30. The van der Waals surface area contributed by atoms with E-state index in [1.54, 1.807) is 5.32 Å². The second-order valence-electron chi connectivity index (χ2n) is 9.69. The summed E-state index contributed by atoms with van der Waals surface area (Å²) in [6, 6.07) is 8.54. The lowest BCUT2D eigenvalue weighted by atomic mass is 9.92. The van der Waals surface area contributed by atoms with Gasteiger partial charge in [-0.2, -0.15) is 18.2 Å². The molecule has 4 rings (SSSR count). The molecule has 196 valence electrons. The van der Waals surface area contributed by atoms with Crippen LogP contribution >= 0.6 is 0 Å². The standard InChI is InChI=1S/C25H27F4N7O/c1-24(2,3)19-7-6-18(26)21(34-19)35-20-17(22(37)32-13-25(27,28)29)12-31-23(36-20)33-16-5-4-15-11-30-9-8-14(15)10-16/h4-7,10,12,30H,8-9,11,13H2,1-3H3,(H,32,37)(H2,31,33,34,35,36). The highest BCUT2D eigenvalue weighted by Gasteiger charge is 2.29. The Hall–Kier alpha value is -3.80. The summed E-state index contributed by atoms with van der Waals surface area (Å²) >= 11 is 0. The topological polar surface area (TPSA) is 104 Å². The molecule has 1 aliphatic heterocycles. The van der Waals surface area contributed by atoms with E-state index in [-0.39, 0.29) is 23.1 Å². The van der Waals surface area contributed by atoms with E-state index in [0.717, 1.165) is 31.3 Å². The highest BCUT2D eigenvalue weighted by atomic mass is 19.4. The number of rotatable bonds is 6. The number of benzene rings is 1. The summed E-state index contributed by atoms with van der Waals surface area (Å²) in [5.74, 6) is -2.14. The molecular formula is C25H27F4N7O. The molecule has 0 saturated carbocycles. The molecule has 0 atom stereocenters. The first-order valence-corrected chi connectivity index (χ1v) is 11.6. The van der Waals surface area contributed by atoms with Gasteiger partial charge in [0.2, 0.25) is 5.95 Å². The second kappa shape index (κ2) is 10.3. The molecule has 2 aromatic heterocycles. The molecule has 0 spiro atoms. The number of carbonyl (C=O) groups excluding carboxylic acids is 1. The third-order valence-electron chi connectivity index (χ3n) is 5.68. The van der Waals surface area contributed by atoms with Crippen LogP contribution < -0.4 is 21.3 Å². The maximum Gasteiger partial charge on any atom is 0.405 e. The van der Waals surface area contributed by atoms with Gasteiger partial charge in [-0.25, -0.2) is 14.4 Å². The number of amides is 1. The molecule has 0 aliphatic carbocycles. The van der Waals surface area contributed by atoms with E-state index in [4.69, 9.17) is 0 Å². The predicted octanol–water partition coefficient (Wildman–Crippen LogP) is 4.73. The smallest absolute Gasteiger partial charge is 0.343 e. The van der Waals surface area contributed by atoms with Crippen molar-refractivity contribution in [2.75, 3.05) is 23.7 Å². The van der Waals surface area contributed by atoms with Crippen molar-refractivity contribution in [2.45, 2.75) is 45.3 Å². The van der Waals surface area contributed by atoms with Crippen LogP contribution in [-0.4, -0.2) is 40.1 Å². The molecule has 0 bridgehead atoms. The number of nitrogens with one attached hydrogen (secondary N) is 4. The van der Waals surface area contributed by atoms with Gasteiger partial charge in [-0.15, -0.1) is 0 Å². The first-order valence-electron chi connectivity index (χ1n) is 11.6. The van der Waals surface area contributed by atoms with Crippen LogP contribution in [0.3, 0.4) is 0 Å². The van der Waals surface area contributed by atoms with Crippen molar-refractivity contribution in [1.29, 1.82) is 0 Å². The minimum Gasteiger partial charge on any atom is -0.343 e. The average molecular weight is 518 g/mol. The molecule has 0 unspecified atom stereocenters. The van der Waals surface area contributed by atoms with Crippen LogP contribution in [-0.2, 0) is 18.4 Å². The summed E-state index contributed by atoms with van der Waals surface area (Å²) in [5, 5.41) is 10.8. The average Bonchev–Trinajstić information content (AvgIpc) is 2.83. The lowest BCUT2D eigenvalue weighted by molar-refractivity contribution is -0.123. The molecule has 1 aliphatic rings. The van der Waals surface area contributed by atoms with Crippen molar-refractivity contribution in [1.82, 2.24) is 25.6 Å². The largest absolute Gasteiger partial charge is 0.405 e. The maximum atomic E-state index is 14.6. The normalized spacial score (nSPS) is 13.6. The lowest BCUT2D eigenvalue weighted by Crippen LogP contribution is -2.34. The van der Waals surface area contributed by atoms with Gasteiger partial charge in [0.1, 0.15) is 17.9 Å². The Morgan fingerprint density at radius 2 is 1.81 bits per heavy atom. The van der Waals surface area contributed by atoms with Gasteiger partial charge in [0.25, 0.3) is 5.91 Å². The number of nitrogens with zero attached hydrogens (tertiary/aromatic N) is 3. The van der Waals surface area contributed by atoms with Crippen molar-refractivity contribution in [3.05, 3.63) is 64.7 Å². The van der Waals surface area contributed by atoms with Crippen molar-refractivity contribution >= 4 is 29.2 Å². The lowest BCUT2D eigenvalue weighted by Gasteiger charge is -2.20. The van der Waals surface area contributed by atoms with E-state index in [2.05, 4.69) is 30.9 Å². The van der Waals surface area contributed by atoms with Crippen molar-refractivity contribution in [3.8, 4) is 0 Å². The third-order valence-corrected chi connectivity index (χ3v) is 5.68. The summed E-state index contributed by atoms with van der Waals surface area (Å²) in [6.07, 6.45) is -2.68. The van der Waals surface area contributed by atoms with E-state index in [9.17, 15) is 22.4 Å². The fourth-order valence-corrected chi connectivity index (χ4v) is 3.72. The third kappa shape index (κ3) is 6.70. The van der Waals surface area contributed by atoms with Crippen molar-refractivity contribution in [3.63, 3.8) is 0 Å². The van der Waals surface area contributed by atoms with Gasteiger partial charge in [0, 0.05) is 29.5 Å². The molecule has 12 heteroatoms. The highest BCUT2D eigenvalue weighted by Crippen LogP contribution is 2.27. The number of fused-ring (bicyclic) bond motifs is 1. The van der Waals surface area contributed by atoms with Crippen LogP contribution in [0.5, 0.6) is 0 Å². The van der Waals surface area contributed by atoms with Crippen LogP contribution in [0.25, 0.3) is 0 Å². The van der Waals surface area contributed by atoms with Gasteiger partial charge in [-0.05, 0) is 48.4 Å². The number of halogens is 4. The molecule has 1 aromatic carbocycles. The van der Waals surface area contributed by atoms with Gasteiger partial charge >= 0.3 is 6.18 Å². The summed E-state index contributed by atoms with van der Waals surface area (Å²) in [4.78, 5) is 25.3. The quantitative estimate of drug-likeness (QED) is 0.351. The number of pyridine rings is 1. The number of hydrogen-bond donors (Lipinski definition) is 4. The van der Waals surface area contributed by atoms with E-state index >= 15 is 0 Å². The molecule has 8 nitrogen and oxygen atoms in total. The first-order chi connectivity index (χ1) is 17.4. The number of carbonyl (C=O) groups is 1. The van der Waals surface area contributed by atoms with Crippen molar-refractivity contribution in [2.24, 2.45) is 0 Å². The molecule has 0 radical (unpaired) electrons. The first kappa shape index (κ1) is 26.3. The highest BCUT2D eigenvalue weighted by molar-refractivity contribution is 5.99. The predicted molar refractivity (Wildman–Crippen MR) is 132 cm³/mol. The number of alkyl halides is 3. The Balaban J connectivity index is 1.67. The van der Waals surface area contributed by atoms with Crippen molar-refractivity contribution < 1.29 is 22.4 Å². The Morgan fingerprint density at radius 1 is 1.03 bits per heavy atom. The fourth-order valence-electron chi connectivity index (χ4n) is 3.72. The van der Waals surface area contributed by atoms with Gasteiger partial charge in [0.05, 0.1) is 0 Å². The molecule has 1 amide bonds. The Labute approximate surface area is 211 Å². The Bertz CT molecular complexity index is 1310. The molecule has 3 aromatic rings. The molecule has 0 fully saturated rings. The van der Waals surface area contributed by atoms with Crippen LogP contribution in [0.1, 0.15) is 48.0 Å².